The number of carbonyl (C=O) groups is 1. The zero-order valence-electron chi connectivity index (χ0n) is 15.0. The Hall–Kier alpha value is -2.94. The van der Waals surface area contributed by atoms with E-state index in [9.17, 15) is 9.18 Å². The van der Waals surface area contributed by atoms with E-state index in [4.69, 9.17) is 20.8 Å². The molecule has 0 atom stereocenters. The van der Waals surface area contributed by atoms with Crippen LogP contribution >= 0.6 is 11.6 Å². The molecule has 1 aromatic carbocycles. The number of ether oxygens (including phenoxy) is 1. The van der Waals surface area contributed by atoms with Gasteiger partial charge in [-0.05, 0) is 24.6 Å². The van der Waals surface area contributed by atoms with Crippen molar-refractivity contribution >= 4 is 17.5 Å². The lowest BCUT2D eigenvalue weighted by Crippen LogP contribution is -2.26. The smallest absolute Gasteiger partial charge is 0.273 e. The molecule has 148 valence electrons. The van der Waals surface area contributed by atoms with Crippen LogP contribution in [0, 0.1) is 0 Å². The number of halogens is 2. The molecule has 0 bridgehead atoms. The number of oxazole rings is 1. The number of rotatable bonds is 10. The van der Waals surface area contributed by atoms with Crippen molar-refractivity contribution in [3.63, 3.8) is 0 Å². The maximum atomic E-state index is 12.4. The molecule has 0 aliphatic rings. The molecular formula is C18H19ClFN5O3. The first-order valence-corrected chi connectivity index (χ1v) is 9.09. The Kier molecular flexibility index (Phi) is 6.96. The lowest BCUT2D eigenvalue weighted by Gasteiger charge is -2.09. The highest BCUT2D eigenvalue weighted by atomic mass is 35.5. The number of alkyl halides is 1. The minimum atomic E-state index is -0.453. The number of carbonyl (C=O) groups excluding carboxylic acids is 1. The van der Waals surface area contributed by atoms with E-state index in [0.29, 0.717) is 48.0 Å². The number of nitrogens with one attached hydrogen (secondary N) is 1. The van der Waals surface area contributed by atoms with Gasteiger partial charge in [0.25, 0.3) is 5.91 Å². The predicted octanol–water partition coefficient (Wildman–Crippen LogP) is 3.15. The van der Waals surface area contributed by atoms with Crippen LogP contribution in [-0.2, 0) is 6.54 Å². The minimum absolute atomic E-state index is 0.169. The molecule has 2 heterocycles. The molecule has 0 spiro atoms. The van der Waals surface area contributed by atoms with Gasteiger partial charge in [-0.25, -0.2) is 9.97 Å². The van der Waals surface area contributed by atoms with Gasteiger partial charge in [0.05, 0.1) is 18.3 Å². The van der Waals surface area contributed by atoms with Gasteiger partial charge in [0, 0.05) is 25.1 Å². The average molecular weight is 407 g/mol. The summed E-state index contributed by atoms with van der Waals surface area (Å²) in [6.07, 6.45) is 5.27. The quantitative estimate of drug-likeness (QED) is 0.520. The van der Waals surface area contributed by atoms with Crippen LogP contribution in [0.25, 0.3) is 11.3 Å². The first kappa shape index (κ1) is 19.8. The van der Waals surface area contributed by atoms with Gasteiger partial charge in [-0.1, -0.05) is 11.6 Å². The third kappa shape index (κ3) is 5.07. The zero-order chi connectivity index (χ0) is 19.8. The lowest BCUT2D eigenvalue weighted by atomic mass is 10.1. The maximum Gasteiger partial charge on any atom is 0.273 e. The van der Waals surface area contributed by atoms with Crippen LogP contribution in [-0.4, -0.2) is 45.5 Å². The average Bonchev–Trinajstić information content (AvgIpc) is 3.38. The normalized spacial score (nSPS) is 10.8. The fourth-order valence-electron chi connectivity index (χ4n) is 2.48. The fourth-order valence-corrected chi connectivity index (χ4v) is 2.72. The number of benzene rings is 1. The van der Waals surface area contributed by atoms with Gasteiger partial charge in [0.2, 0.25) is 0 Å². The van der Waals surface area contributed by atoms with E-state index < -0.39 is 6.67 Å². The predicted molar refractivity (Wildman–Crippen MR) is 100 cm³/mol. The molecule has 10 heteroatoms. The number of hydrogen-bond acceptors (Lipinski definition) is 6. The second-order valence-electron chi connectivity index (χ2n) is 5.83. The molecule has 1 amide bonds. The van der Waals surface area contributed by atoms with Gasteiger partial charge < -0.3 is 14.5 Å². The first-order chi connectivity index (χ1) is 13.7. The molecule has 0 radical (unpaired) electrons. The van der Waals surface area contributed by atoms with Gasteiger partial charge in [-0.3, -0.25) is 13.9 Å². The van der Waals surface area contributed by atoms with Crippen LogP contribution in [0.15, 0.2) is 41.7 Å². The molecule has 0 unspecified atom stereocenters. The SMILES string of the molecule is O=C(NCCCn1cncn1)c1ncoc1-c1ccc(OCCC[18F])c(Cl)c1. The fraction of sp³-hybridized carbons (Fsp3) is 0.333. The molecule has 8 nitrogen and oxygen atoms in total. The molecule has 28 heavy (non-hydrogen) atoms. The molecule has 0 fully saturated rings. The van der Waals surface area contributed by atoms with Gasteiger partial charge in [0.1, 0.15) is 18.4 Å². The van der Waals surface area contributed by atoms with Crippen LogP contribution in [0.5, 0.6) is 5.75 Å². The monoisotopic (exact) mass is 406 g/mol. The molecule has 0 aliphatic carbocycles. The molecule has 3 aromatic rings. The summed E-state index contributed by atoms with van der Waals surface area (Å²) < 4.78 is 24.7. The Balaban J connectivity index is 1.60. The van der Waals surface area contributed by atoms with Crippen molar-refractivity contribution in [2.45, 2.75) is 19.4 Å². The van der Waals surface area contributed by atoms with E-state index in [2.05, 4.69) is 20.4 Å². The standard InChI is InChI=1S/C18H19ClFN5O3/c19-14-9-13(3-4-15(14)27-8-1-5-20)17-16(23-12-28-17)18(26)22-6-2-7-25-11-21-10-24-25/h3-4,9-12H,1-2,5-8H2,(H,22,26)/i20-1. The van der Waals surface area contributed by atoms with Crippen LogP contribution in [0.1, 0.15) is 23.3 Å². The summed E-state index contributed by atoms with van der Waals surface area (Å²) >= 11 is 6.21. The topological polar surface area (TPSA) is 95.1 Å². The van der Waals surface area contributed by atoms with Crippen LogP contribution in [0.3, 0.4) is 0 Å². The second-order valence-corrected chi connectivity index (χ2v) is 6.24. The van der Waals surface area contributed by atoms with E-state index in [0.717, 1.165) is 0 Å². The third-order valence-electron chi connectivity index (χ3n) is 3.83. The molecule has 3 rings (SSSR count). The highest BCUT2D eigenvalue weighted by Crippen LogP contribution is 2.32. The summed E-state index contributed by atoms with van der Waals surface area (Å²) in [5, 5.41) is 7.14. The van der Waals surface area contributed by atoms with E-state index in [1.807, 2.05) is 0 Å². The van der Waals surface area contributed by atoms with Crippen molar-refractivity contribution in [3.05, 3.63) is 48.0 Å². The van der Waals surface area contributed by atoms with Gasteiger partial charge in [-0.15, -0.1) is 0 Å². The summed E-state index contributed by atoms with van der Waals surface area (Å²) in [7, 11) is 0. The third-order valence-corrected chi connectivity index (χ3v) is 4.12. The van der Waals surface area contributed by atoms with Crippen molar-refractivity contribution in [2.75, 3.05) is 19.8 Å². The summed E-state index contributed by atoms with van der Waals surface area (Å²) in [6.45, 7) is 0.879. The van der Waals surface area contributed by atoms with Crippen molar-refractivity contribution in [1.29, 1.82) is 0 Å². The number of aryl methyl sites for hydroxylation is 1. The maximum absolute atomic E-state index is 12.4. The number of amides is 1. The van der Waals surface area contributed by atoms with Crippen molar-refractivity contribution in [1.82, 2.24) is 25.1 Å². The lowest BCUT2D eigenvalue weighted by molar-refractivity contribution is 0.0948. The summed E-state index contributed by atoms with van der Waals surface area (Å²) in [5.41, 5.74) is 0.760. The highest BCUT2D eigenvalue weighted by molar-refractivity contribution is 6.32. The Labute approximate surface area is 165 Å². The summed E-state index contributed by atoms with van der Waals surface area (Å²) in [4.78, 5) is 20.3. The Bertz CT molecular complexity index is 901. The van der Waals surface area contributed by atoms with Crippen LogP contribution in [0.2, 0.25) is 5.02 Å². The largest absolute Gasteiger partial charge is 0.492 e. The number of nitrogens with zero attached hydrogens (tertiary/aromatic N) is 4. The molecule has 0 saturated heterocycles. The van der Waals surface area contributed by atoms with Gasteiger partial charge in [-0.2, -0.15) is 5.10 Å². The van der Waals surface area contributed by atoms with Crippen LogP contribution in [0.4, 0.5) is 4.39 Å². The van der Waals surface area contributed by atoms with E-state index in [1.165, 1.54) is 12.7 Å². The summed E-state index contributed by atoms with van der Waals surface area (Å²) in [6, 6.07) is 4.98. The van der Waals surface area contributed by atoms with Gasteiger partial charge in [0.15, 0.2) is 17.8 Å². The second kappa shape index (κ2) is 9.84. The Morgan fingerprint density at radius 2 is 2.25 bits per heavy atom. The molecule has 1 N–H and O–H groups in total. The summed E-state index contributed by atoms with van der Waals surface area (Å²) in [5.74, 6) is 0.408. The van der Waals surface area contributed by atoms with Crippen LogP contribution < -0.4 is 10.1 Å². The van der Waals surface area contributed by atoms with E-state index in [1.54, 1.807) is 29.2 Å². The highest BCUT2D eigenvalue weighted by Gasteiger charge is 2.19. The first-order valence-electron chi connectivity index (χ1n) is 8.72. The minimum Gasteiger partial charge on any atom is -0.492 e. The number of aromatic nitrogens is 4. The Morgan fingerprint density at radius 1 is 1.36 bits per heavy atom. The molecular weight excluding hydrogens is 388 g/mol. The zero-order valence-corrected chi connectivity index (χ0v) is 15.7. The molecule has 0 saturated carbocycles. The van der Waals surface area contributed by atoms with E-state index >= 15 is 0 Å². The van der Waals surface area contributed by atoms with Gasteiger partial charge >= 0.3 is 0 Å². The van der Waals surface area contributed by atoms with Crippen molar-refractivity contribution in [2.24, 2.45) is 0 Å². The molecule has 0 aliphatic heterocycles. The Morgan fingerprint density at radius 3 is 3.00 bits per heavy atom. The number of hydrogen-bond donors (Lipinski definition) is 1. The van der Waals surface area contributed by atoms with E-state index in [-0.39, 0.29) is 18.2 Å². The molecule has 2 aromatic heterocycles. The van der Waals surface area contributed by atoms with Crippen molar-refractivity contribution < 1.29 is 18.3 Å². The van der Waals surface area contributed by atoms with Crippen molar-refractivity contribution in [3.8, 4) is 17.1 Å².